The van der Waals surface area contributed by atoms with E-state index < -0.39 is 11.9 Å². The van der Waals surface area contributed by atoms with E-state index in [-0.39, 0.29) is 17.8 Å². The minimum Gasteiger partial charge on any atom is -0.497 e. The van der Waals surface area contributed by atoms with Crippen molar-refractivity contribution in [1.29, 1.82) is 0 Å². The number of carbonyl (C=O) groups is 2. The lowest BCUT2D eigenvalue weighted by molar-refractivity contribution is -0.150. The molecule has 1 N–H and O–H groups in total. The molecule has 0 saturated carbocycles. The van der Waals surface area contributed by atoms with Crippen molar-refractivity contribution in [2.24, 2.45) is 5.92 Å². The Labute approximate surface area is 150 Å². The summed E-state index contributed by atoms with van der Waals surface area (Å²) in [6.45, 7) is 1.96. The van der Waals surface area contributed by atoms with Gasteiger partial charge in [-0.25, -0.2) is 0 Å². The molecule has 6 heteroatoms. The Morgan fingerprint density at radius 3 is 2.56 bits per heavy atom. The summed E-state index contributed by atoms with van der Waals surface area (Å²) in [5.41, 5.74) is 1.58. The van der Waals surface area contributed by atoms with Gasteiger partial charge in [0.1, 0.15) is 5.75 Å². The third kappa shape index (κ3) is 3.64. The average Bonchev–Trinajstić information content (AvgIpc) is 2.77. The van der Waals surface area contributed by atoms with Crippen LogP contribution in [0.1, 0.15) is 17.7 Å². The first kappa shape index (κ1) is 17.4. The number of hydrogen-bond acceptors (Lipinski definition) is 5. The number of methoxy groups -OCH3 is 1. The Morgan fingerprint density at radius 1 is 1.16 bits per heavy atom. The van der Waals surface area contributed by atoms with Gasteiger partial charge in [0, 0.05) is 4.90 Å². The first-order valence-electron chi connectivity index (χ1n) is 8.01. The van der Waals surface area contributed by atoms with E-state index in [9.17, 15) is 9.59 Å². The maximum atomic E-state index is 12.8. The average molecular weight is 357 g/mol. The van der Waals surface area contributed by atoms with Crippen molar-refractivity contribution in [3.8, 4) is 5.75 Å². The number of amides is 1. The van der Waals surface area contributed by atoms with Crippen molar-refractivity contribution in [2.75, 3.05) is 19.0 Å². The molecule has 1 aliphatic heterocycles. The van der Waals surface area contributed by atoms with Gasteiger partial charge in [-0.15, -0.1) is 11.8 Å². The highest BCUT2D eigenvalue weighted by molar-refractivity contribution is 7.99. The van der Waals surface area contributed by atoms with Crippen molar-refractivity contribution >= 4 is 29.3 Å². The molecular weight excluding hydrogens is 338 g/mol. The summed E-state index contributed by atoms with van der Waals surface area (Å²) in [5.74, 6) is -1.07. The summed E-state index contributed by atoms with van der Waals surface area (Å²) in [5, 5.41) is 2.47. The number of nitrogens with one attached hydrogen (secondary N) is 1. The molecule has 0 radical (unpaired) electrons. The van der Waals surface area contributed by atoms with Crippen LogP contribution in [0.15, 0.2) is 53.4 Å². The van der Waals surface area contributed by atoms with Crippen LogP contribution in [0.25, 0.3) is 0 Å². The second-order valence-corrected chi connectivity index (χ2v) is 6.71. The fraction of sp³-hybridized carbons (Fsp3) is 0.263. The second-order valence-electron chi connectivity index (χ2n) is 5.53. The summed E-state index contributed by atoms with van der Waals surface area (Å²) >= 11 is 1.49. The van der Waals surface area contributed by atoms with E-state index in [0.717, 1.165) is 16.2 Å². The quantitative estimate of drug-likeness (QED) is 0.668. The van der Waals surface area contributed by atoms with Crippen LogP contribution in [0.2, 0.25) is 0 Å². The third-order valence-corrected chi connectivity index (χ3v) is 5.38. The van der Waals surface area contributed by atoms with Gasteiger partial charge in [-0.05, 0) is 36.8 Å². The number of anilines is 1. The summed E-state index contributed by atoms with van der Waals surface area (Å²) < 4.78 is 10.4. The molecule has 2 atom stereocenters. The van der Waals surface area contributed by atoms with Crippen LogP contribution in [-0.2, 0) is 14.3 Å². The van der Waals surface area contributed by atoms with E-state index in [1.165, 1.54) is 11.8 Å². The largest absolute Gasteiger partial charge is 0.497 e. The Morgan fingerprint density at radius 2 is 1.88 bits per heavy atom. The number of para-hydroxylation sites is 1. The fourth-order valence-corrected chi connectivity index (χ4v) is 4.08. The summed E-state index contributed by atoms with van der Waals surface area (Å²) in [7, 11) is 1.60. The van der Waals surface area contributed by atoms with Gasteiger partial charge in [-0.2, -0.15) is 0 Å². The van der Waals surface area contributed by atoms with E-state index in [2.05, 4.69) is 5.32 Å². The van der Waals surface area contributed by atoms with Crippen LogP contribution >= 0.6 is 11.8 Å². The zero-order valence-electron chi connectivity index (χ0n) is 14.0. The summed E-state index contributed by atoms with van der Waals surface area (Å²) in [6, 6.07) is 14.9. The molecule has 5 nitrogen and oxygen atoms in total. The van der Waals surface area contributed by atoms with Crippen LogP contribution in [0.4, 0.5) is 5.69 Å². The number of hydrogen-bond donors (Lipinski definition) is 1. The Kier molecular flexibility index (Phi) is 5.28. The maximum absolute atomic E-state index is 12.8. The van der Waals surface area contributed by atoms with Gasteiger partial charge >= 0.3 is 5.97 Å². The molecule has 25 heavy (non-hydrogen) atoms. The maximum Gasteiger partial charge on any atom is 0.320 e. The van der Waals surface area contributed by atoms with E-state index >= 15 is 0 Å². The van der Waals surface area contributed by atoms with Crippen LogP contribution < -0.4 is 10.1 Å². The van der Waals surface area contributed by atoms with Crippen molar-refractivity contribution in [3.05, 3.63) is 54.1 Å². The van der Waals surface area contributed by atoms with E-state index in [4.69, 9.17) is 9.47 Å². The van der Waals surface area contributed by atoms with Gasteiger partial charge in [0.2, 0.25) is 5.91 Å². The molecule has 0 fully saturated rings. The van der Waals surface area contributed by atoms with E-state index in [1.807, 2.05) is 48.5 Å². The van der Waals surface area contributed by atoms with Crippen LogP contribution in [-0.4, -0.2) is 25.6 Å². The number of thioether (sulfide) groups is 1. The minimum atomic E-state index is -0.925. The fourth-order valence-electron chi connectivity index (χ4n) is 2.74. The number of ether oxygens (including phenoxy) is 2. The van der Waals surface area contributed by atoms with E-state index in [1.54, 1.807) is 14.0 Å². The molecule has 130 valence electrons. The molecule has 2 aromatic rings. The Bertz CT molecular complexity index is 775. The monoisotopic (exact) mass is 357 g/mol. The Hall–Kier alpha value is -2.47. The normalized spacial score (nSPS) is 19.4. The SMILES string of the molecule is CCOC(=O)C1C(=O)Nc2ccccc2SC1c1ccc(OC)cc1. The van der Waals surface area contributed by atoms with Crippen molar-refractivity contribution < 1.29 is 19.1 Å². The molecule has 2 unspecified atom stereocenters. The second kappa shape index (κ2) is 7.61. The third-order valence-electron chi connectivity index (χ3n) is 3.97. The minimum absolute atomic E-state index is 0.232. The number of fused-ring (bicyclic) bond motifs is 1. The number of benzene rings is 2. The molecule has 0 aromatic heterocycles. The molecule has 1 amide bonds. The lowest BCUT2D eigenvalue weighted by atomic mass is 9.97. The topological polar surface area (TPSA) is 64.6 Å². The first-order valence-corrected chi connectivity index (χ1v) is 8.89. The molecule has 2 aromatic carbocycles. The molecular formula is C19H19NO4S. The van der Waals surface area contributed by atoms with Gasteiger partial charge in [0.25, 0.3) is 0 Å². The summed E-state index contributed by atoms with van der Waals surface area (Å²) in [4.78, 5) is 26.2. The number of rotatable bonds is 4. The standard InChI is InChI=1S/C19H19NO4S/c1-3-24-19(22)16-17(12-8-10-13(23-2)11-9-12)25-15-7-5-4-6-14(15)20-18(16)21/h4-11,16-17H,3H2,1-2H3,(H,20,21). The van der Waals surface area contributed by atoms with Crippen molar-refractivity contribution in [1.82, 2.24) is 0 Å². The van der Waals surface area contributed by atoms with Gasteiger partial charge in [0.15, 0.2) is 5.92 Å². The molecule has 3 rings (SSSR count). The highest BCUT2D eigenvalue weighted by Gasteiger charge is 2.40. The predicted molar refractivity (Wildman–Crippen MR) is 96.8 cm³/mol. The van der Waals surface area contributed by atoms with Crippen LogP contribution in [0.5, 0.6) is 5.75 Å². The zero-order chi connectivity index (χ0) is 17.8. The lowest BCUT2D eigenvalue weighted by Crippen LogP contribution is -2.33. The van der Waals surface area contributed by atoms with Gasteiger partial charge in [-0.3, -0.25) is 9.59 Å². The number of carbonyl (C=O) groups excluding carboxylic acids is 2. The molecule has 1 heterocycles. The predicted octanol–water partition coefficient (Wildman–Crippen LogP) is 3.66. The highest BCUT2D eigenvalue weighted by Crippen LogP contribution is 2.46. The highest BCUT2D eigenvalue weighted by atomic mass is 32.2. The van der Waals surface area contributed by atoms with Gasteiger partial charge in [-0.1, -0.05) is 24.3 Å². The molecule has 0 saturated heterocycles. The smallest absolute Gasteiger partial charge is 0.320 e. The molecule has 0 bridgehead atoms. The molecule has 1 aliphatic rings. The molecule has 0 spiro atoms. The van der Waals surface area contributed by atoms with Crippen LogP contribution in [0.3, 0.4) is 0 Å². The van der Waals surface area contributed by atoms with Gasteiger partial charge in [0.05, 0.1) is 24.7 Å². The Balaban J connectivity index is 2.04. The lowest BCUT2D eigenvalue weighted by Gasteiger charge is -2.22. The van der Waals surface area contributed by atoms with Gasteiger partial charge < -0.3 is 14.8 Å². The summed E-state index contributed by atoms with van der Waals surface area (Å²) in [6.07, 6.45) is 0. The zero-order valence-corrected chi connectivity index (χ0v) is 14.8. The van der Waals surface area contributed by atoms with Crippen molar-refractivity contribution in [2.45, 2.75) is 17.1 Å². The first-order chi connectivity index (χ1) is 12.1. The number of esters is 1. The van der Waals surface area contributed by atoms with Crippen LogP contribution in [0, 0.1) is 5.92 Å². The van der Waals surface area contributed by atoms with Crippen molar-refractivity contribution in [3.63, 3.8) is 0 Å². The molecule has 0 aliphatic carbocycles. The van der Waals surface area contributed by atoms with E-state index in [0.29, 0.717) is 5.69 Å².